The molecule has 0 unspecified atom stereocenters. The van der Waals surface area contributed by atoms with Gasteiger partial charge in [-0.3, -0.25) is 4.79 Å². The Bertz CT molecular complexity index is 1310. The first kappa shape index (κ1) is 19.0. The largest absolute Gasteiger partial charge is 0.494 e. The molecule has 0 spiro atoms. The summed E-state index contributed by atoms with van der Waals surface area (Å²) in [5.41, 5.74) is 3.03. The monoisotopic (exact) mass is 433 g/mol. The number of carbonyl (C=O) groups is 1. The number of aromatic amines is 1. The number of likely N-dealkylation sites (tertiary alicyclic amines) is 1. The van der Waals surface area contributed by atoms with E-state index in [2.05, 4.69) is 20.4 Å². The molecule has 2 aromatic carbocycles. The zero-order chi connectivity index (χ0) is 21.8. The van der Waals surface area contributed by atoms with Crippen molar-refractivity contribution in [3.8, 4) is 5.88 Å². The van der Waals surface area contributed by atoms with Crippen LogP contribution in [0.15, 0.2) is 52.6 Å². The molecule has 2 saturated heterocycles. The van der Waals surface area contributed by atoms with E-state index in [4.69, 9.17) is 4.84 Å². The van der Waals surface area contributed by atoms with Crippen molar-refractivity contribution in [1.29, 1.82) is 0 Å². The topological polar surface area (TPSA) is 102 Å². The van der Waals surface area contributed by atoms with Gasteiger partial charge in [-0.15, -0.1) is 0 Å². The first-order valence-corrected chi connectivity index (χ1v) is 10.5. The number of carbonyl (C=O) groups excluding carboxylic acids is 1. The normalized spacial score (nSPS) is 22.6. The Morgan fingerprint density at radius 3 is 3.00 bits per heavy atom. The van der Waals surface area contributed by atoms with Gasteiger partial charge in [-0.1, -0.05) is 23.4 Å². The van der Waals surface area contributed by atoms with E-state index in [1.807, 2.05) is 29.2 Å². The number of piperazine rings is 1. The minimum absolute atomic E-state index is 0.106. The third-order valence-corrected chi connectivity index (χ3v) is 6.31. The number of fused-ring (bicyclic) bond motifs is 4. The van der Waals surface area contributed by atoms with Crippen molar-refractivity contribution >= 4 is 33.9 Å². The first-order valence-electron chi connectivity index (χ1n) is 10.5. The Morgan fingerprint density at radius 1 is 1.31 bits per heavy atom. The highest BCUT2D eigenvalue weighted by molar-refractivity contribution is 6.58. The van der Waals surface area contributed by atoms with Gasteiger partial charge in [0.05, 0.1) is 11.3 Å². The lowest BCUT2D eigenvalue weighted by Crippen LogP contribution is -2.47. The molecule has 162 valence electrons. The van der Waals surface area contributed by atoms with Gasteiger partial charge < -0.3 is 25.1 Å². The lowest BCUT2D eigenvalue weighted by atomic mass is 10.0. The number of oxime groups is 1. The molecule has 8 nitrogen and oxygen atoms in total. The molecular formula is C23H20FN5O3. The molecule has 3 aliphatic rings. The zero-order valence-electron chi connectivity index (χ0n) is 17.0. The Morgan fingerprint density at radius 2 is 2.19 bits per heavy atom. The smallest absolute Gasteiger partial charge is 0.263 e. The molecule has 3 aromatic rings. The van der Waals surface area contributed by atoms with Crippen LogP contribution in [-0.4, -0.2) is 64.1 Å². The molecule has 2 fully saturated rings. The van der Waals surface area contributed by atoms with E-state index < -0.39 is 5.82 Å². The van der Waals surface area contributed by atoms with Crippen LogP contribution in [0.5, 0.6) is 5.88 Å². The van der Waals surface area contributed by atoms with Crippen molar-refractivity contribution in [2.75, 3.05) is 19.7 Å². The maximum Gasteiger partial charge on any atom is 0.263 e. The van der Waals surface area contributed by atoms with Crippen molar-refractivity contribution in [3.63, 3.8) is 0 Å². The summed E-state index contributed by atoms with van der Waals surface area (Å²) in [5, 5.41) is 18.7. The Hall–Kier alpha value is -3.72. The second kappa shape index (κ2) is 7.16. The van der Waals surface area contributed by atoms with Crippen LogP contribution in [0.25, 0.3) is 10.9 Å². The second-order valence-corrected chi connectivity index (χ2v) is 8.27. The van der Waals surface area contributed by atoms with Gasteiger partial charge in [-0.25, -0.2) is 9.38 Å². The van der Waals surface area contributed by atoms with Crippen molar-refractivity contribution in [3.05, 3.63) is 59.4 Å². The molecule has 2 atom stereocenters. The quantitative estimate of drug-likeness (QED) is 0.550. The van der Waals surface area contributed by atoms with Crippen molar-refractivity contribution in [2.24, 2.45) is 10.1 Å². The summed E-state index contributed by atoms with van der Waals surface area (Å²) >= 11 is 0. The molecule has 3 N–H and O–H groups in total. The van der Waals surface area contributed by atoms with Crippen LogP contribution in [0, 0.1) is 5.82 Å². The lowest BCUT2D eigenvalue weighted by molar-refractivity contribution is -0.137. The number of halogens is 1. The maximum absolute atomic E-state index is 13.9. The number of benzene rings is 2. The molecular weight excluding hydrogens is 413 g/mol. The summed E-state index contributed by atoms with van der Waals surface area (Å²) in [4.78, 5) is 27.4. The molecule has 32 heavy (non-hydrogen) atoms. The number of hydrogen-bond donors (Lipinski definition) is 3. The van der Waals surface area contributed by atoms with E-state index in [0.29, 0.717) is 51.7 Å². The fourth-order valence-electron chi connectivity index (χ4n) is 4.83. The molecule has 2 bridgehead atoms. The van der Waals surface area contributed by atoms with E-state index in [9.17, 15) is 14.3 Å². The second-order valence-electron chi connectivity index (χ2n) is 8.27. The number of aliphatic imine (C=N–C) groups is 1. The minimum atomic E-state index is -0.427. The summed E-state index contributed by atoms with van der Waals surface area (Å²) in [5.74, 6) is -0.671. The fourth-order valence-corrected chi connectivity index (χ4v) is 4.83. The number of H-pyrrole nitrogens is 1. The van der Waals surface area contributed by atoms with Gasteiger partial charge in [0.15, 0.2) is 12.5 Å². The molecule has 0 aliphatic carbocycles. The molecule has 9 heteroatoms. The summed E-state index contributed by atoms with van der Waals surface area (Å²) in [7, 11) is 0. The van der Waals surface area contributed by atoms with E-state index in [-0.39, 0.29) is 24.4 Å². The number of hydrogen-bond acceptors (Lipinski definition) is 6. The first-order chi connectivity index (χ1) is 15.6. The Labute approximate surface area is 182 Å². The maximum atomic E-state index is 13.9. The molecule has 0 radical (unpaired) electrons. The number of nitrogens with one attached hydrogen (secondary N) is 2. The van der Waals surface area contributed by atoms with Gasteiger partial charge in [-0.05, 0) is 30.7 Å². The summed E-state index contributed by atoms with van der Waals surface area (Å²) in [6.45, 7) is 1.32. The Balaban J connectivity index is 1.33. The van der Waals surface area contributed by atoms with Crippen LogP contribution in [0.1, 0.15) is 17.5 Å². The molecule has 6 rings (SSSR count). The van der Waals surface area contributed by atoms with E-state index in [1.165, 1.54) is 12.1 Å². The van der Waals surface area contributed by atoms with Gasteiger partial charge in [0, 0.05) is 41.6 Å². The van der Waals surface area contributed by atoms with Crippen LogP contribution >= 0.6 is 0 Å². The SMILES string of the molecule is O=C(CO/N=C1/C(c2c(O)[nH]c3ccc(F)cc23)=Nc2ccccc21)N1C[C@H]2C[C@@H]1CN2. The number of amides is 1. The highest BCUT2D eigenvalue weighted by atomic mass is 19.1. The van der Waals surface area contributed by atoms with E-state index >= 15 is 0 Å². The van der Waals surface area contributed by atoms with Gasteiger partial charge in [-0.2, -0.15) is 0 Å². The number of nitrogens with zero attached hydrogens (tertiary/aromatic N) is 3. The standard InChI is InChI=1S/C23H20FN5O3/c24-12-5-6-18-16(7-12)20(23(31)27-18)22-21(15-3-1-2-4-17(15)26-22)28-32-11-19(30)29-10-13-8-14(29)9-25-13/h1-7,13-14,25,27,31H,8-11H2/b28-21+/t13-,14-/m1/s1. The van der Waals surface area contributed by atoms with Crippen molar-refractivity contribution < 1.29 is 19.1 Å². The summed E-state index contributed by atoms with van der Waals surface area (Å²) in [6, 6.07) is 12.1. The third-order valence-electron chi connectivity index (χ3n) is 6.31. The molecule has 3 aliphatic heterocycles. The van der Waals surface area contributed by atoms with E-state index in [1.54, 1.807) is 6.07 Å². The zero-order valence-corrected chi connectivity index (χ0v) is 17.0. The van der Waals surface area contributed by atoms with Crippen LogP contribution in [0.3, 0.4) is 0 Å². The number of para-hydroxylation sites is 1. The van der Waals surface area contributed by atoms with Gasteiger partial charge in [0.1, 0.15) is 17.2 Å². The molecule has 1 amide bonds. The van der Waals surface area contributed by atoms with Gasteiger partial charge in [0.2, 0.25) is 0 Å². The number of aromatic nitrogens is 1. The number of aromatic hydroxyl groups is 1. The van der Waals surface area contributed by atoms with Crippen LogP contribution in [0.4, 0.5) is 10.1 Å². The third kappa shape index (κ3) is 2.96. The highest BCUT2D eigenvalue weighted by Crippen LogP contribution is 2.36. The predicted molar refractivity (Wildman–Crippen MR) is 117 cm³/mol. The average Bonchev–Trinajstić information content (AvgIpc) is 3.55. The van der Waals surface area contributed by atoms with Crippen LogP contribution in [-0.2, 0) is 9.63 Å². The molecule has 0 saturated carbocycles. The van der Waals surface area contributed by atoms with Crippen molar-refractivity contribution in [1.82, 2.24) is 15.2 Å². The highest BCUT2D eigenvalue weighted by Gasteiger charge is 2.40. The average molecular weight is 433 g/mol. The van der Waals surface area contributed by atoms with Gasteiger partial charge in [0.25, 0.3) is 5.91 Å². The Kier molecular flexibility index (Phi) is 4.25. The van der Waals surface area contributed by atoms with Crippen molar-refractivity contribution in [2.45, 2.75) is 18.5 Å². The molecule has 1 aromatic heterocycles. The number of rotatable bonds is 4. The summed E-state index contributed by atoms with van der Waals surface area (Å²) < 4.78 is 13.9. The van der Waals surface area contributed by atoms with Gasteiger partial charge >= 0.3 is 0 Å². The fraction of sp³-hybridized carbons (Fsp3) is 0.261. The van der Waals surface area contributed by atoms with E-state index in [0.717, 1.165) is 13.0 Å². The minimum Gasteiger partial charge on any atom is -0.494 e. The van der Waals surface area contributed by atoms with Crippen LogP contribution in [0.2, 0.25) is 0 Å². The molecule has 4 heterocycles. The van der Waals surface area contributed by atoms with Crippen LogP contribution < -0.4 is 5.32 Å². The summed E-state index contributed by atoms with van der Waals surface area (Å²) in [6.07, 6.45) is 0.973. The predicted octanol–water partition coefficient (Wildman–Crippen LogP) is 2.44. The lowest BCUT2D eigenvalue weighted by Gasteiger charge is -2.26.